The largest absolute Gasteiger partial charge is 0.331 e. The van der Waals surface area contributed by atoms with Crippen molar-refractivity contribution < 1.29 is 4.79 Å². The van der Waals surface area contributed by atoms with Crippen molar-refractivity contribution in [2.75, 3.05) is 12.0 Å². The molecular formula is C15H20N2OS3. The first-order valence-electron chi connectivity index (χ1n) is 6.78. The molecule has 2 heterocycles. The molecule has 1 atom stereocenters. The first kappa shape index (κ1) is 16.5. The molecule has 0 bridgehead atoms. The molecule has 0 aliphatic heterocycles. The van der Waals surface area contributed by atoms with E-state index in [4.69, 9.17) is 5.73 Å². The number of nitrogens with two attached hydrogens (primary N) is 1. The summed E-state index contributed by atoms with van der Waals surface area (Å²) in [7, 11) is 0. The van der Waals surface area contributed by atoms with Crippen molar-refractivity contribution in [1.29, 1.82) is 0 Å². The van der Waals surface area contributed by atoms with Crippen LogP contribution in [0.3, 0.4) is 0 Å². The molecule has 2 N–H and O–H groups in total. The Kier molecular flexibility index (Phi) is 6.76. The first-order chi connectivity index (χ1) is 10.2. The Morgan fingerprint density at radius 3 is 2.24 bits per heavy atom. The van der Waals surface area contributed by atoms with Crippen molar-refractivity contribution in [2.45, 2.75) is 25.6 Å². The highest BCUT2D eigenvalue weighted by Gasteiger charge is 2.21. The van der Waals surface area contributed by atoms with Crippen LogP contribution in [-0.4, -0.2) is 28.9 Å². The van der Waals surface area contributed by atoms with Gasteiger partial charge in [-0.3, -0.25) is 4.79 Å². The van der Waals surface area contributed by atoms with Gasteiger partial charge in [-0.2, -0.15) is 11.8 Å². The molecule has 0 spiro atoms. The monoisotopic (exact) mass is 340 g/mol. The fourth-order valence-corrected chi connectivity index (χ4v) is 3.92. The zero-order chi connectivity index (χ0) is 15.1. The first-order valence-corrected chi connectivity index (χ1v) is 9.94. The molecule has 0 saturated carbocycles. The minimum absolute atomic E-state index is 0.0471. The Balaban J connectivity index is 2.04. The second-order valence-corrected chi connectivity index (χ2v) is 7.79. The molecule has 6 heteroatoms. The number of amides is 1. The van der Waals surface area contributed by atoms with E-state index in [-0.39, 0.29) is 5.91 Å². The second kappa shape index (κ2) is 8.58. The lowest BCUT2D eigenvalue weighted by atomic mass is 10.2. The van der Waals surface area contributed by atoms with E-state index >= 15 is 0 Å². The summed E-state index contributed by atoms with van der Waals surface area (Å²) >= 11 is 5.07. The molecule has 0 aliphatic carbocycles. The van der Waals surface area contributed by atoms with Gasteiger partial charge in [0, 0.05) is 9.75 Å². The number of hydrogen-bond donors (Lipinski definition) is 1. The van der Waals surface area contributed by atoms with Gasteiger partial charge < -0.3 is 10.6 Å². The van der Waals surface area contributed by atoms with E-state index in [2.05, 4.69) is 12.1 Å². The number of thiophene rings is 2. The van der Waals surface area contributed by atoms with Crippen LogP contribution in [0.2, 0.25) is 0 Å². The SMILES string of the molecule is CSCC[C@H](N)C(=O)N(Cc1cccs1)Cc1cccs1. The quantitative estimate of drug-likeness (QED) is 0.801. The van der Waals surface area contributed by atoms with E-state index < -0.39 is 6.04 Å². The van der Waals surface area contributed by atoms with E-state index in [9.17, 15) is 4.79 Å². The smallest absolute Gasteiger partial charge is 0.240 e. The number of nitrogens with zero attached hydrogens (tertiary/aromatic N) is 1. The normalized spacial score (nSPS) is 12.3. The maximum absolute atomic E-state index is 12.6. The van der Waals surface area contributed by atoms with Crippen LogP contribution >= 0.6 is 34.4 Å². The third kappa shape index (κ3) is 5.14. The lowest BCUT2D eigenvalue weighted by Crippen LogP contribution is -2.43. The molecule has 1 amide bonds. The molecule has 0 saturated heterocycles. The molecule has 2 rings (SSSR count). The third-order valence-corrected chi connectivity index (χ3v) is 5.48. The van der Waals surface area contributed by atoms with E-state index in [0.29, 0.717) is 13.1 Å². The predicted octanol–water partition coefficient (Wildman–Crippen LogP) is 3.42. The molecule has 114 valence electrons. The van der Waals surface area contributed by atoms with Gasteiger partial charge in [-0.25, -0.2) is 0 Å². The number of hydrogen-bond acceptors (Lipinski definition) is 5. The number of carbonyl (C=O) groups is 1. The highest BCUT2D eigenvalue weighted by Crippen LogP contribution is 2.18. The number of thioether (sulfide) groups is 1. The summed E-state index contributed by atoms with van der Waals surface area (Å²) in [4.78, 5) is 16.9. The molecule has 21 heavy (non-hydrogen) atoms. The van der Waals surface area contributed by atoms with Crippen LogP contribution in [0.4, 0.5) is 0 Å². The van der Waals surface area contributed by atoms with Crippen LogP contribution in [0.15, 0.2) is 35.0 Å². The van der Waals surface area contributed by atoms with E-state index in [1.54, 1.807) is 34.4 Å². The fraction of sp³-hybridized carbons (Fsp3) is 0.400. The summed E-state index contributed by atoms with van der Waals surface area (Å²) in [6, 6.07) is 7.75. The maximum Gasteiger partial charge on any atom is 0.240 e. The summed E-state index contributed by atoms with van der Waals surface area (Å²) in [6.45, 7) is 1.28. The van der Waals surface area contributed by atoms with Crippen LogP contribution in [0.5, 0.6) is 0 Å². The molecule has 0 aromatic carbocycles. The van der Waals surface area contributed by atoms with Crippen molar-refractivity contribution >= 4 is 40.3 Å². The molecule has 2 aromatic heterocycles. The van der Waals surface area contributed by atoms with Gasteiger partial charge in [0.05, 0.1) is 19.1 Å². The van der Waals surface area contributed by atoms with Crippen molar-refractivity contribution in [3.63, 3.8) is 0 Å². The predicted molar refractivity (Wildman–Crippen MR) is 93.9 cm³/mol. The van der Waals surface area contributed by atoms with Crippen LogP contribution in [0.25, 0.3) is 0 Å². The Morgan fingerprint density at radius 2 is 1.81 bits per heavy atom. The molecule has 0 unspecified atom stereocenters. The van der Waals surface area contributed by atoms with Crippen LogP contribution in [0.1, 0.15) is 16.2 Å². The minimum atomic E-state index is -0.405. The standard InChI is InChI=1S/C15H20N2OS3/c1-19-9-6-14(16)15(18)17(10-12-4-2-7-20-12)11-13-5-3-8-21-13/h2-5,7-8,14H,6,9-11,16H2,1H3/t14-/m0/s1. The Morgan fingerprint density at radius 1 is 1.24 bits per heavy atom. The molecule has 0 fully saturated rings. The van der Waals surface area contributed by atoms with Crippen molar-refractivity contribution in [3.05, 3.63) is 44.8 Å². The van der Waals surface area contributed by atoms with Gasteiger partial charge in [-0.05, 0) is 41.3 Å². The highest BCUT2D eigenvalue weighted by molar-refractivity contribution is 7.98. The van der Waals surface area contributed by atoms with Gasteiger partial charge >= 0.3 is 0 Å². The topological polar surface area (TPSA) is 46.3 Å². The highest BCUT2D eigenvalue weighted by atomic mass is 32.2. The van der Waals surface area contributed by atoms with Crippen LogP contribution < -0.4 is 5.73 Å². The summed E-state index contributed by atoms with van der Waals surface area (Å²) in [5, 5.41) is 4.08. The fourth-order valence-electron chi connectivity index (χ4n) is 2.00. The zero-order valence-corrected chi connectivity index (χ0v) is 14.5. The van der Waals surface area contributed by atoms with Gasteiger partial charge in [0.1, 0.15) is 0 Å². The maximum atomic E-state index is 12.6. The van der Waals surface area contributed by atoms with Gasteiger partial charge in [0.15, 0.2) is 0 Å². The van der Waals surface area contributed by atoms with Gasteiger partial charge in [-0.1, -0.05) is 12.1 Å². The molecular weight excluding hydrogens is 320 g/mol. The van der Waals surface area contributed by atoms with Crippen molar-refractivity contribution in [1.82, 2.24) is 4.90 Å². The average molecular weight is 341 g/mol. The molecule has 2 aromatic rings. The average Bonchev–Trinajstić information content (AvgIpc) is 3.16. The van der Waals surface area contributed by atoms with E-state index in [1.807, 2.05) is 34.0 Å². The Labute approximate surface area is 138 Å². The summed E-state index contributed by atoms with van der Waals surface area (Å²) in [5.41, 5.74) is 6.06. The van der Waals surface area contributed by atoms with Crippen LogP contribution in [-0.2, 0) is 17.9 Å². The van der Waals surface area contributed by atoms with Gasteiger partial charge in [-0.15, -0.1) is 22.7 Å². The lowest BCUT2D eigenvalue weighted by Gasteiger charge is -2.25. The van der Waals surface area contributed by atoms with Gasteiger partial charge in [0.25, 0.3) is 0 Å². The van der Waals surface area contributed by atoms with Crippen molar-refractivity contribution in [2.24, 2.45) is 5.73 Å². The van der Waals surface area contributed by atoms with Gasteiger partial charge in [0.2, 0.25) is 5.91 Å². The van der Waals surface area contributed by atoms with E-state index in [1.165, 1.54) is 9.75 Å². The summed E-state index contributed by atoms with van der Waals surface area (Å²) in [5.74, 6) is 0.963. The molecule has 0 radical (unpaired) electrons. The van der Waals surface area contributed by atoms with Crippen molar-refractivity contribution in [3.8, 4) is 0 Å². The minimum Gasteiger partial charge on any atom is -0.331 e. The Hall–Kier alpha value is -0.820. The van der Waals surface area contributed by atoms with Crippen LogP contribution in [0, 0.1) is 0 Å². The number of carbonyl (C=O) groups excluding carboxylic acids is 1. The van der Waals surface area contributed by atoms with E-state index in [0.717, 1.165) is 12.2 Å². The molecule has 3 nitrogen and oxygen atoms in total. The second-order valence-electron chi connectivity index (χ2n) is 4.74. The Bertz CT molecular complexity index is 489. The summed E-state index contributed by atoms with van der Waals surface area (Å²) < 4.78 is 0. The lowest BCUT2D eigenvalue weighted by molar-refractivity contribution is -0.133. The number of rotatable bonds is 8. The third-order valence-electron chi connectivity index (χ3n) is 3.12. The zero-order valence-electron chi connectivity index (χ0n) is 12.0. The molecule has 0 aliphatic rings. The summed E-state index contributed by atoms with van der Waals surface area (Å²) in [6.07, 6.45) is 2.76.